The van der Waals surface area contributed by atoms with Gasteiger partial charge in [-0.1, -0.05) is 0 Å². The van der Waals surface area contributed by atoms with Crippen molar-refractivity contribution in [2.24, 2.45) is 11.3 Å². The Kier molecular flexibility index (Phi) is 3.60. The Morgan fingerprint density at radius 3 is 2.35 bits per heavy atom. The molecule has 0 spiro atoms. The van der Waals surface area contributed by atoms with Crippen LogP contribution in [0.25, 0.3) is 0 Å². The van der Waals surface area contributed by atoms with Crippen LogP contribution in [0.5, 0.6) is 0 Å². The summed E-state index contributed by atoms with van der Waals surface area (Å²) in [5, 5.41) is 0. The van der Waals surface area contributed by atoms with Crippen LogP contribution in [0.4, 0.5) is 0 Å². The molecule has 0 atom stereocenters. The maximum Gasteiger partial charge on any atom is 0.167 e. The molecule has 17 heavy (non-hydrogen) atoms. The van der Waals surface area contributed by atoms with E-state index in [-0.39, 0.29) is 0 Å². The number of nitrogens with zero attached hydrogens (tertiary/aromatic N) is 2. The van der Waals surface area contributed by atoms with Crippen LogP contribution in [0.1, 0.15) is 38.5 Å². The van der Waals surface area contributed by atoms with Gasteiger partial charge in [-0.15, -0.1) is 0 Å². The Morgan fingerprint density at radius 2 is 1.94 bits per heavy atom. The molecule has 0 radical (unpaired) electrons. The Balaban J connectivity index is 1.91. The molecule has 2 fully saturated rings. The highest BCUT2D eigenvalue weighted by Gasteiger charge is 2.52. The fourth-order valence-electron chi connectivity index (χ4n) is 2.94. The summed E-state index contributed by atoms with van der Waals surface area (Å²) in [7, 11) is 8.43. The molecule has 0 aromatic carbocycles. The molecule has 2 saturated carbocycles. The Labute approximate surface area is 106 Å². The van der Waals surface area contributed by atoms with Crippen molar-refractivity contribution in [2.75, 3.05) is 28.2 Å². The zero-order chi connectivity index (χ0) is 12.5. The summed E-state index contributed by atoms with van der Waals surface area (Å²) in [6.07, 6.45) is 13.2. The van der Waals surface area contributed by atoms with Crippen molar-refractivity contribution in [3.05, 3.63) is 11.8 Å². The second-order valence-electron chi connectivity index (χ2n) is 6.40. The molecule has 0 aromatic rings. The van der Waals surface area contributed by atoms with Gasteiger partial charge in [0.15, 0.2) is 6.21 Å². The molecule has 0 heterocycles. The van der Waals surface area contributed by atoms with Crippen LogP contribution in [0.15, 0.2) is 11.8 Å². The second kappa shape index (κ2) is 4.83. The van der Waals surface area contributed by atoms with E-state index in [4.69, 9.17) is 0 Å². The van der Waals surface area contributed by atoms with Gasteiger partial charge >= 0.3 is 0 Å². The number of allylic oxidation sites excluding steroid dienone is 1. The first kappa shape index (κ1) is 12.7. The van der Waals surface area contributed by atoms with E-state index >= 15 is 0 Å². The molecule has 0 aliphatic heterocycles. The average molecular weight is 235 g/mol. The van der Waals surface area contributed by atoms with Crippen molar-refractivity contribution in [3.8, 4) is 0 Å². The van der Waals surface area contributed by atoms with Gasteiger partial charge in [-0.2, -0.15) is 0 Å². The van der Waals surface area contributed by atoms with Gasteiger partial charge < -0.3 is 4.90 Å². The molecule has 0 amide bonds. The minimum atomic E-state index is 0.769. The van der Waals surface area contributed by atoms with Crippen LogP contribution in [0.3, 0.4) is 0 Å². The zero-order valence-electron chi connectivity index (χ0n) is 11.9. The number of hydrogen-bond acceptors (Lipinski definition) is 1. The van der Waals surface area contributed by atoms with Crippen molar-refractivity contribution in [3.63, 3.8) is 0 Å². The van der Waals surface area contributed by atoms with Crippen molar-refractivity contribution in [1.29, 1.82) is 0 Å². The van der Waals surface area contributed by atoms with Gasteiger partial charge in [0, 0.05) is 25.9 Å². The third-order valence-electron chi connectivity index (χ3n) is 4.10. The summed E-state index contributed by atoms with van der Waals surface area (Å²) in [5.41, 5.74) is 2.23. The van der Waals surface area contributed by atoms with E-state index in [9.17, 15) is 0 Å². The molecule has 2 rings (SSSR count). The van der Waals surface area contributed by atoms with Crippen LogP contribution >= 0.6 is 0 Å². The predicted octanol–water partition coefficient (Wildman–Crippen LogP) is 2.75. The molecule has 0 unspecified atom stereocenters. The first-order chi connectivity index (χ1) is 8.02. The Bertz CT molecular complexity index is 327. The molecule has 0 saturated heterocycles. The maximum absolute atomic E-state index is 2.27. The van der Waals surface area contributed by atoms with Crippen LogP contribution in [0.2, 0.25) is 0 Å². The van der Waals surface area contributed by atoms with Crippen molar-refractivity contribution < 1.29 is 4.58 Å². The Hall–Kier alpha value is -0.790. The molecule has 2 aliphatic carbocycles. The van der Waals surface area contributed by atoms with Gasteiger partial charge in [0.25, 0.3) is 0 Å². The van der Waals surface area contributed by atoms with Crippen LogP contribution in [-0.4, -0.2) is 43.9 Å². The van der Waals surface area contributed by atoms with Crippen LogP contribution < -0.4 is 0 Å². The molecule has 2 aliphatic rings. The summed E-state index contributed by atoms with van der Waals surface area (Å²) in [5.74, 6) is 1.09. The standard InChI is InChI=1S/C15H27N2/c1-16(2)11-13(12-17(3)4)7-8-15(9-10-15)14-5-6-14/h11-12,14H,5-10H2,1-4H3/q+1. The summed E-state index contributed by atoms with van der Waals surface area (Å²) in [6.45, 7) is 0. The minimum Gasteiger partial charge on any atom is -0.383 e. The molecule has 96 valence electrons. The molecule has 2 heteroatoms. The average Bonchev–Trinajstić information content (AvgIpc) is 3.05. The normalized spacial score (nSPS) is 22.2. The third kappa shape index (κ3) is 3.58. The summed E-state index contributed by atoms with van der Waals surface area (Å²) in [4.78, 5) is 2.16. The van der Waals surface area contributed by atoms with E-state index in [1.165, 1.54) is 44.1 Å². The SMILES string of the molecule is CN(C)/C=C(/C=[N+](C)C)CCC1(C2CC2)CC1. The van der Waals surface area contributed by atoms with Gasteiger partial charge in [-0.25, -0.2) is 4.58 Å². The Morgan fingerprint density at radius 1 is 1.29 bits per heavy atom. The highest BCUT2D eigenvalue weighted by Crippen LogP contribution is 2.64. The fraction of sp³-hybridized carbons (Fsp3) is 0.800. The van der Waals surface area contributed by atoms with E-state index in [0.717, 1.165) is 11.3 Å². The van der Waals surface area contributed by atoms with Gasteiger partial charge in [0.2, 0.25) is 0 Å². The lowest BCUT2D eigenvalue weighted by molar-refractivity contribution is -0.459. The predicted molar refractivity (Wildman–Crippen MR) is 73.6 cm³/mol. The van der Waals surface area contributed by atoms with Gasteiger partial charge in [-0.05, 0) is 49.9 Å². The van der Waals surface area contributed by atoms with E-state index in [2.05, 4.69) is 50.1 Å². The van der Waals surface area contributed by atoms with Crippen molar-refractivity contribution >= 4 is 6.21 Å². The zero-order valence-corrected chi connectivity index (χ0v) is 11.9. The number of rotatable bonds is 6. The van der Waals surface area contributed by atoms with Gasteiger partial charge in [0.1, 0.15) is 14.1 Å². The third-order valence-corrected chi connectivity index (χ3v) is 4.10. The minimum absolute atomic E-state index is 0.769. The molecular weight excluding hydrogens is 208 g/mol. The molecule has 2 nitrogen and oxygen atoms in total. The van der Waals surface area contributed by atoms with E-state index in [0.29, 0.717) is 0 Å². The largest absolute Gasteiger partial charge is 0.383 e. The second-order valence-corrected chi connectivity index (χ2v) is 6.40. The lowest BCUT2D eigenvalue weighted by Gasteiger charge is -2.14. The lowest BCUT2D eigenvalue weighted by atomic mass is 9.92. The highest BCUT2D eigenvalue weighted by atomic mass is 15.0. The topological polar surface area (TPSA) is 6.25 Å². The van der Waals surface area contributed by atoms with Crippen molar-refractivity contribution in [1.82, 2.24) is 4.90 Å². The highest BCUT2D eigenvalue weighted by molar-refractivity contribution is 5.73. The molecule has 0 N–H and O–H groups in total. The van der Waals surface area contributed by atoms with E-state index in [1.807, 2.05) is 0 Å². The smallest absolute Gasteiger partial charge is 0.167 e. The van der Waals surface area contributed by atoms with Crippen molar-refractivity contribution in [2.45, 2.75) is 38.5 Å². The van der Waals surface area contributed by atoms with E-state index in [1.54, 1.807) is 0 Å². The maximum atomic E-state index is 2.27. The fourth-order valence-corrected chi connectivity index (χ4v) is 2.94. The first-order valence-electron chi connectivity index (χ1n) is 6.90. The van der Waals surface area contributed by atoms with E-state index < -0.39 is 0 Å². The molecule has 0 bridgehead atoms. The first-order valence-corrected chi connectivity index (χ1v) is 6.90. The van der Waals surface area contributed by atoms with Crippen LogP contribution in [0, 0.1) is 11.3 Å². The van der Waals surface area contributed by atoms with Gasteiger partial charge in [0.05, 0.1) is 0 Å². The quantitative estimate of drug-likeness (QED) is 0.507. The lowest BCUT2D eigenvalue weighted by Crippen LogP contribution is -2.10. The van der Waals surface area contributed by atoms with Gasteiger partial charge in [-0.3, -0.25) is 0 Å². The molecular formula is C15H27N2+. The van der Waals surface area contributed by atoms with Crippen LogP contribution in [-0.2, 0) is 0 Å². The molecule has 0 aromatic heterocycles. The summed E-state index contributed by atoms with van der Waals surface area (Å²) >= 11 is 0. The summed E-state index contributed by atoms with van der Waals surface area (Å²) in [6, 6.07) is 0. The monoisotopic (exact) mass is 235 g/mol. The summed E-state index contributed by atoms with van der Waals surface area (Å²) < 4.78 is 2.16. The number of hydrogen-bond donors (Lipinski definition) is 0.